The van der Waals surface area contributed by atoms with Crippen LogP contribution >= 0.6 is 0 Å². The van der Waals surface area contributed by atoms with E-state index in [0.29, 0.717) is 6.54 Å². The molecule has 0 saturated carbocycles. The van der Waals surface area contributed by atoms with Crippen molar-refractivity contribution in [3.63, 3.8) is 0 Å². The Balaban J connectivity index is 2.44. The number of benzene rings is 1. The molecule has 0 radical (unpaired) electrons. The number of ether oxygens (including phenoxy) is 1. The molecule has 5 heteroatoms. The van der Waals surface area contributed by atoms with E-state index in [0.717, 1.165) is 23.3 Å². The number of carbonyl (C=O) groups excluding carboxylic acids is 2. The van der Waals surface area contributed by atoms with E-state index in [1.807, 2.05) is 32.0 Å². The Morgan fingerprint density at radius 2 is 1.95 bits per heavy atom. The lowest BCUT2D eigenvalue weighted by Crippen LogP contribution is -2.37. The molecule has 0 unspecified atom stereocenters. The van der Waals surface area contributed by atoms with Crippen molar-refractivity contribution >= 4 is 11.8 Å². The second kappa shape index (κ2) is 8.19. The van der Waals surface area contributed by atoms with Crippen molar-refractivity contribution in [2.45, 2.75) is 26.7 Å². The Kier molecular flexibility index (Phi) is 6.56. The Morgan fingerprint density at radius 1 is 1.20 bits per heavy atom. The van der Waals surface area contributed by atoms with Crippen molar-refractivity contribution in [3.8, 4) is 5.75 Å². The Hall–Kier alpha value is -2.04. The summed E-state index contributed by atoms with van der Waals surface area (Å²) in [6.07, 6.45) is 1.11. The summed E-state index contributed by atoms with van der Waals surface area (Å²) in [5.41, 5.74) is 1.88. The Labute approximate surface area is 119 Å². The van der Waals surface area contributed by atoms with Gasteiger partial charge in [0.2, 0.25) is 11.8 Å². The summed E-state index contributed by atoms with van der Waals surface area (Å²) < 4.78 is 5.21. The summed E-state index contributed by atoms with van der Waals surface area (Å²) in [4.78, 5) is 23.1. The standard InChI is InChI=1S/C15H22N2O3/c1-4-7-16-15(19)10-17-14(18)9-12-6-5-11(2)13(8-12)20-3/h5-6,8H,4,7,9-10H2,1-3H3,(H,16,19)(H,17,18). The predicted molar refractivity (Wildman–Crippen MR) is 77.7 cm³/mol. The molecule has 5 nitrogen and oxygen atoms in total. The molecule has 110 valence electrons. The molecule has 0 aromatic heterocycles. The van der Waals surface area contributed by atoms with Crippen molar-refractivity contribution in [3.05, 3.63) is 29.3 Å². The second-order valence-corrected chi connectivity index (χ2v) is 4.61. The van der Waals surface area contributed by atoms with E-state index in [4.69, 9.17) is 4.74 Å². The van der Waals surface area contributed by atoms with Crippen LogP contribution < -0.4 is 15.4 Å². The van der Waals surface area contributed by atoms with Crippen molar-refractivity contribution in [1.29, 1.82) is 0 Å². The van der Waals surface area contributed by atoms with Crippen LogP contribution in [0.4, 0.5) is 0 Å². The van der Waals surface area contributed by atoms with Crippen molar-refractivity contribution in [2.75, 3.05) is 20.2 Å². The number of nitrogens with one attached hydrogen (secondary N) is 2. The van der Waals surface area contributed by atoms with E-state index in [9.17, 15) is 9.59 Å². The van der Waals surface area contributed by atoms with E-state index in [-0.39, 0.29) is 24.8 Å². The number of hydrogen-bond acceptors (Lipinski definition) is 3. The van der Waals surface area contributed by atoms with Crippen LogP contribution in [0.1, 0.15) is 24.5 Å². The summed E-state index contributed by atoms with van der Waals surface area (Å²) >= 11 is 0. The molecule has 1 rings (SSSR count). The van der Waals surface area contributed by atoms with Crippen LogP contribution in [0.25, 0.3) is 0 Å². The van der Waals surface area contributed by atoms with Crippen molar-refractivity contribution < 1.29 is 14.3 Å². The summed E-state index contributed by atoms with van der Waals surface area (Å²) in [5, 5.41) is 5.30. The first kappa shape index (κ1) is 16.0. The lowest BCUT2D eigenvalue weighted by atomic mass is 10.1. The third-order valence-corrected chi connectivity index (χ3v) is 2.86. The number of carbonyl (C=O) groups is 2. The molecule has 0 spiro atoms. The SMILES string of the molecule is CCCNC(=O)CNC(=O)Cc1ccc(C)c(OC)c1. The maximum atomic E-state index is 11.7. The third-order valence-electron chi connectivity index (χ3n) is 2.86. The maximum Gasteiger partial charge on any atom is 0.239 e. The average Bonchev–Trinajstić information content (AvgIpc) is 2.44. The molecule has 1 aromatic carbocycles. The summed E-state index contributed by atoms with van der Waals surface area (Å²) in [5.74, 6) is 0.417. The molecule has 0 aliphatic rings. The first-order valence-electron chi connectivity index (χ1n) is 6.73. The summed E-state index contributed by atoms with van der Waals surface area (Å²) in [6, 6.07) is 5.63. The molecule has 2 N–H and O–H groups in total. The van der Waals surface area contributed by atoms with Gasteiger partial charge in [-0.25, -0.2) is 0 Å². The van der Waals surface area contributed by atoms with Gasteiger partial charge in [0.1, 0.15) is 5.75 Å². The van der Waals surface area contributed by atoms with E-state index < -0.39 is 0 Å². The van der Waals surface area contributed by atoms with Crippen LogP contribution in [0.2, 0.25) is 0 Å². The minimum absolute atomic E-state index is 0.0157. The minimum atomic E-state index is -0.178. The zero-order chi connectivity index (χ0) is 15.0. The smallest absolute Gasteiger partial charge is 0.239 e. The average molecular weight is 278 g/mol. The van der Waals surface area contributed by atoms with Crippen LogP contribution in [-0.4, -0.2) is 32.0 Å². The molecule has 0 fully saturated rings. The highest BCUT2D eigenvalue weighted by Gasteiger charge is 2.07. The van der Waals surface area contributed by atoms with Gasteiger partial charge < -0.3 is 15.4 Å². The fourth-order valence-corrected chi connectivity index (χ4v) is 1.73. The van der Waals surface area contributed by atoms with Gasteiger partial charge in [-0.15, -0.1) is 0 Å². The molecule has 0 bridgehead atoms. The predicted octanol–water partition coefficient (Wildman–Crippen LogP) is 1.19. The largest absolute Gasteiger partial charge is 0.496 e. The monoisotopic (exact) mass is 278 g/mol. The van der Waals surface area contributed by atoms with E-state index in [1.54, 1.807) is 7.11 Å². The summed E-state index contributed by atoms with van der Waals surface area (Å²) in [6.45, 7) is 4.57. The van der Waals surface area contributed by atoms with Gasteiger partial charge >= 0.3 is 0 Å². The second-order valence-electron chi connectivity index (χ2n) is 4.61. The lowest BCUT2D eigenvalue weighted by molar-refractivity contribution is -0.125. The van der Waals surface area contributed by atoms with Crippen molar-refractivity contribution in [1.82, 2.24) is 10.6 Å². The molecular formula is C15H22N2O3. The van der Waals surface area contributed by atoms with Gasteiger partial charge in [-0.3, -0.25) is 9.59 Å². The van der Waals surface area contributed by atoms with Gasteiger partial charge in [-0.1, -0.05) is 19.1 Å². The lowest BCUT2D eigenvalue weighted by Gasteiger charge is -2.08. The zero-order valence-corrected chi connectivity index (χ0v) is 12.3. The number of methoxy groups -OCH3 is 1. The Bertz CT molecular complexity index is 472. The normalized spacial score (nSPS) is 9.95. The molecular weight excluding hydrogens is 256 g/mol. The fraction of sp³-hybridized carbons (Fsp3) is 0.467. The van der Waals surface area contributed by atoms with Gasteiger partial charge in [0.05, 0.1) is 20.1 Å². The molecule has 0 aliphatic heterocycles. The quantitative estimate of drug-likeness (QED) is 0.787. The molecule has 0 aliphatic carbocycles. The first-order valence-corrected chi connectivity index (χ1v) is 6.73. The minimum Gasteiger partial charge on any atom is -0.496 e. The maximum absolute atomic E-state index is 11.7. The molecule has 20 heavy (non-hydrogen) atoms. The topological polar surface area (TPSA) is 67.4 Å². The van der Waals surface area contributed by atoms with Crippen LogP contribution in [0.15, 0.2) is 18.2 Å². The number of aryl methyl sites for hydroxylation is 1. The molecule has 0 saturated heterocycles. The van der Waals surface area contributed by atoms with Crippen LogP contribution in [0.5, 0.6) is 5.75 Å². The fourth-order valence-electron chi connectivity index (χ4n) is 1.73. The van der Waals surface area contributed by atoms with E-state index in [1.165, 1.54) is 0 Å². The highest BCUT2D eigenvalue weighted by molar-refractivity contribution is 5.85. The molecule has 2 amide bonds. The molecule has 1 aromatic rings. The number of amides is 2. The van der Waals surface area contributed by atoms with Gasteiger partial charge in [0.25, 0.3) is 0 Å². The summed E-state index contributed by atoms with van der Waals surface area (Å²) in [7, 11) is 1.60. The number of hydrogen-bond donors (Lipinski definition) is 2. The van der Waals surface area contributed by atoms with E-state index in [2.05, 4.69) is 10.6 Å². The molecule has 0 atom stereocenters. The Morgan fingerprint density at radius 3 is 2.60 bits per heavy atom. The highest BCUT2D eigenvalue weighted by Crippen LogP contribution is 2.19. The van der Waals surface area contributed by atoms with Crippen LogP contribution in [-0.2, 0) is 16.0 Å². The van der Waals surface area contributed by atoms with E-state index >= 15 is 0 Å². The number of rotatable bonds is 7. The van der Waals surface area contributed by atoms with Crippen LogP contribution in [0, 0.1) is 6.92 Å². The highest BCUT2D eigenvalue weighted by atomic mass is 16.5. The van der Waals surface area contributed by atoms with Crippen LogP contribution in [0.3, 0.4) is 0 Å². The molecule has 0 heterocycles. The van der Waals surface area contributed by atoms with Gasteiger partial charge in [0.15, 0.2) is 0 Å². The third kappa shape index (κ3) is 5.30. The zero-order valence-electron chi connectivity index (χ0n) is 12.3. The first-order chi connectivity index (χ1) is 9.56. The van der Waals surface area contributed by atoms with Gasteiger partial charge in [-0.2, -0.15) is 0 Å². The van der Waals surface area contributed by atoms with Gasteiger partial charge in [-0.05, 0) is 30.5 Å². The van der Waals surface area contributed by atoms with Gasteiger partial charge in [0, 0.05) is 6.54 Å². The van der Waals surface area contributed by atoms with Crippen molar-refractivity contribution in [2.24, 2.45) is 0 Å².